The average Bonchev–Trinajstić information content (AvgIpc) is 2.35. The van der Waals surface area contributed by atoms with Crippen molar-refractivity contribution in [1.82, 2.24) is 4.98 Å². The number of hydrogen-bond acceptors (Lipinski definition) is 3. The minimum Gasteiger partial charge on any atom is -0.481 e. The summed E-state index contributed by atoms with van der Waals surface area (Å²) in [5.41, 5.74) is 1.68. The Bertz CT molecular complexity index is 547. The van der Waals surface area contributed by atoms with Crippen LogP contribution in [0.5, 0.6) is 5.88 Å². The molecule has 2 rings (SSSR count). The van der Waals surface area contributed by atoms with E-state index in [0.717, 1.165) is 22.8 Å². The van der Waals surface area contributed by atoms with Gasteiger partial charge in [0.2, 0.25) is 5.88 Å². The van der Waals surface area contributed by atoms with E-state index in [0.29, 0.717) is 5.88 Å². The van der Waals surface area contributed by atoms with E-state index in [1.54, 1.807) is 13.2 Å². The molecule has 0 aliphatic heterocycles. The molecule has 0 atom stereocenters. The molecule has 0 aliphatic rings. The van der Waals surface area contributed by atoms with Crippen LogP contribution in [0.2, 0.25) is 0 Å². The van der Waals surface area contributed by atoms with Crippen LogP contribution in [0.3, 0.4) is 0 Å². The molecule has 0 saturated heterocycles. The molecule has 0 bridgehead atoms. The highest BCUT2D eigenvalue weighted by atomic mass is 16.5. The molecule has 0 saturated carbocycles. The third-order valence-electron chi connectivity index (χ3n) is 2.26. The number of ether oxygens (including phenoxy) is 1. The van der Waals surface area contributed by atoms with Crippen LogP contribution in [0.15, 0.2) is 36.4 Å². The molecule has 1 heterocycles. The van der Waals surface area contributed by atoms with Crippen LogP contribution >= 0.6 is 0 Å². The third-order valence-corrected chi connectivity index (χ3v) is 2.26. The quantitative estimate of drug-likeness (QED) is 0.580. The van der Waals surface area contributed by atoms with E-state index in [1.165, 1.54) is 6.08 Å². The second kappa shape index (κ2) is 4.57. The van der Waals surface area contributed by atoms with Crippen molar-refractivity contribution in [3.8, 4) is 5.88 Å². The second-order valence-corrected chi connectivity index (χ2v) is 3.27. The Morgan fingerprint density at radius 3 is 2.88 bits per heavy atom. The number of benzene rings is 1. The van der Waals surface area contributed by atoms with E-state index in [9.17, 15) is 4.79 Å². The Balaban J connectivity index is 2.62. The van der Waals surface area contributed by atoms with E-state index in [-0.39, 0.29) is 0 Å². The summed E-state index contributed by atoms with van der Waals surface area (Å²) < 4.78 is 5.17. The number of nitrogens with zero attached hydrogens (tertiary/aromatic N) is 1. The molecule has 0 spiro atoms. The molecule has 16 heavy (non-hydrogen) atoms. The zero-order chi connectivity index (χ0) is 11.4. The Labute approximate surface area is 93.4 Å². The molecular formula is C13H11NO2. The normalized spacial score (nSPS) is 10.8. The van der Waals surface area contributed by atoms with Gasteiger partial charge in [-0.15, -0.1) is 0 Å². The summed E-state index contributed by atoms with van der Waals surface area (Å²) in [5, 5.41) is 1.02. The first-order chi connectivity index (χ1) is 7.85. The zero-order valence-electron chi connectivity index (χ0n) is 8.88. The summed E-state index contributed by atoms with van der Waals surface area (Å²) in [6, 6.07) is 9.71. The lowest BCUT2D eigenvalue weighted by molar-refractivity contribution is -0.104. The van der Waals surface area contributed by atoms with Gasteiger partial charge in [-0.1, -0.05) is 18.2 Å². The van der Waals surface area contributed by atoms with E-state index in [2.05, 4.69) is 4.98 Å². The summed E-state index contributed by atoms with van der Waals surface area (Å²) in [4.78, 5) is 14.7. The van der Waals surface area contributed by atoms with Gasteiger partial charge in [0.15, 0.2) is 0 Å². The first-order valence-electron chi connectivity index (χ1n) is 4.91. The minimum absolute atomic E-state index is 0.525. The molecule has 3 heteroatoms. The van der Waals surface area contributed by atoms with Crippen molar-refractivity contribution < 1.29 is 9.53 Å². The molecule has 2 aromatic rings. The van der Waals surface area contributed by atoms with Crippen LogP contribution in [0.1, 0.15) is 5.56 Å². The van der Waals surface area contributed by atoms with Crippen molar-refractivity contribution in [2.24, 2.45) is 0 Å². The SMILES string of the molecule is COc1nc2ccccc2cc1/C=C/C=O. The number of carbonyl (C=O) groups excluding carboxylic acids is 1. The predicted molar refractivity (Wildman–Crippen MR) is 63.4 cm³/mol. The summed E-state index contributed by atoms with van der Waals surface area (Å²) in [5.74, 6) is 0.525. The van der Waals surface area contributed by atoms with Gasteiger partial charge in [-0.2, -0.15) is 0 Å². The summed E-state index contributed by atoms with van der Waals surface area (Å²) in [6.07, 6.45) is 3.84. The van der Waals surface area contributed by atoms with Crippen LogP contribution in [0.25, 0.3) is 17.0 Å². The van der Waals surface area contributed by atoms with Crippen molar-refractivity contribution in [3.63, 3.8) is 0 Å². The average molecular weight is 213 g/mol. The Kier molecular flexibility index (Phi) is 2.96. The van der Waals surface area contributed by atoms with E-state index in [1.807, 2.05) is 30.3 Å². The second-order valence-electron chi connectivity index (χ2n) is 3.27. The standard InChI is InChI=1S/C13H11NO2/c1-16-13-11(6-4-8-15)9-10-5-2-3-7-12(10)14-13/h2-9H,1H3/b6-4+. The summed E-state index contributed by atoms with van der Waals surface area (Å²) >= 11 is 0. The number of fused-ring (bicyclic) bond motifs is 1. The van der Waals surface area contributed by atoms with Crippen LogP contribution in [-0.4, -0.2) is 18.4 Å². The van der Waals surface area contributed by atoms with Crippen molar-refractivity contribution in [2.75, 3.05) is 7.11 Å². The van der Waals surface area contributed by atoms with Crippen LogP contribution in [0, 0.1) is 0 Å². The number of rotatable bonds is 3. The molecule has 0 amide bonds. The fourth-order valence-corrected chi connectivity index (χ4v) is 1.54. The predicted octanol–water partition coefficient (Wildman–Crippen LogP) is 2.46. The molecule has 0 radical (unpaired) electrons. The Morgan fingerprint density at radius 2 is 2.12 bits per heavy atom. The van der Waals surface area contributed by atoms with Crippen LogP contribution in [-0.2, 0) is 4.79 Å². The van der Waals surface area contributed by atoms with Crippen molar-refractivity contribution in [3.05, 3.63) is 42.0 Å². The van der Waals surface area contributed by atoms with Crippen molar-refractivity contribution in [2.45, 2.75) is 0 Å². The number of carbonyl (C=O) groups is 1. The van der Waals surface area contributed by atoms with Crippen molar-refractivity contribution in [1.29, 1.82) is 0 Å². The highest BCUT2D eigenvalue weighted by Crippen LogP contribution is 2.22. The minimum atomic E-state index is 0.525. The molecule has 80 valence electrons. The fraction of sp³-hybridized carbons (Fsp3) is 0.0769. The molecule has 3 nitrogen and oxygen atoms in total. The number of pyridine rings is 1. The lowest BCUT2D eigenvalue weighted by Crippen LogP contribution is -1.92. The Morgan fingerprint density at radius 1 is 1.31 bits per heavy atom. The lowest BCUT2D eigenvalue weighted by Gasteiger charge is -2.05. The number of aromatic nitrogens is 1. The molecule has 0 N–H and O–H groups in total. The van der Waals surface area contributed by atoms with Crippen molar-refractivity contribution >= 4 is 23.3 Å². The third kappa shape index (κ3) is 1.93. The molecule has 1 aromatic carbocycles. The van der Waals surface area contributed by atoms with E-state index >= 15 is 0 Å². The summed E-state index contributed by atoms with van der Waals surface area (Å²) in [6.45, 7) is 0. The van der Waals surface area contributed by atoms with Crippen LogP contribution in [0.4, 0.5) is 0 Å². The van der Waals surface area contributed by atoms with Gasteiger partial charge in [-0.25, -0.2) is 4.98 Å². The van der Waals surface area contributed by atoms with Crippen LogP contribution < -0.4 is 4.74 Å². The molecule has 0 fully saturated rings. The van der Waals surface area contributed by atoms with Gasteiger partial charge in [0.1, 0.15) is 6.29 Å². The van der Waals surface area contributed by atoms with Gasteiger partial charge in [-0.05, 0) is 24.3 Å². The van der Waals surface area contributed by atoms with Gasteiger partial charge in [0, 0.05) is 10.9 Å². The smallest absolute Gasteiger partial charge is 0.221 e. The van der Waals surface area contributed by atoms with E-state index < -0.39 is 0 Å². The molecule has 0 unspecified atom stereocenters. The van der Waals surface area contributed by atoms with Gasteiger partial charge < -0.3 is 4.74 Å². The fourth-order valence-electron chi connectivity index (χ4n) is 1.54. The van der Waals surface area contributed by atoms with Gasteiger partial charge >= 0.3 is 0 Å². The van der Waals surface area contributed by atoms with E-state index in [4.69, 9.17) is 4.74 Å². The monoisotopic (exact) mass is 213 g/mol. The molecule has 1 aromatic heterocycles. The zero-order valence-corrected chi connectivity index (χ0v) is 8.88. The maximum Gasteiger partial charge on any atom is 0.221 e. The molecule has 0 aliphatic carbocycles. The number of para-hydroxylation sites is 1. The number of hydrogen-bond donors (Lipinski definition) is 0. The van der Waals surface area contributed by atoms with Gasteiger partial charge in [0.05, 0.1) is 12.6 Å². The number of allylic oxidation sites excluding steroid dienone is 1. The van der Waals surface area contributed by atoms with Gasteiger partial charge in [0.25, 0.3) is 0 Å². The highest BCUT2D eigenvalue weighted by Gasteiger charge is 2.03. The first-order valence-corrected chi connectivity index (χ1v) is 4.91. The maximum atomic E-state index is 10.3. The molecular weight excluding hydrogens is 202 g/mol. The summed E-state index contributed by atoms with van der Waals surface area (Å²) in [7, 11) is 1.56. The number of methoxy groups -OCH3 is 1. The maximum absolute atomic E-state index is 10.3. The highest BCUT2D eigenvalue weighted by molar-refractivity contribution is 5.84. The lowest BCUT2D eigenvalue weighted by atomic mass is 10.1. The Hall–Kier alpha value is -2.16. The number of aldehydes is 1. The van der Waals surface area contributed by atoms with Gasteiger partial charge in [-0.3, -0.25) is 4.79 Å². The largest absolute Gasteiger partial charge is 0.481 e. The topological polar surface area (TPSA) is 39.2 Å². The first kappa shape index (κ1) is 10.4.